The number of unbranched alkanes of at least 4 members (excludes halogenated alkanes) is 5. The molecule has 0 unspecified atom stereocenters. The van der Waals surface area contributed by atoms with Gasteiger partial charge in [0, 0.05) is 0 Å². The van der Waals surface area contributed by atoms with E-state index in [4.69, 9.17) is 14.2 Å². The Morgan fingerprint density at radius 3 is 1.97 bits per heavy atom. The lowest BCUT2D eigenvalue weighted by molar-refractivity contribution is 0.0319. The molecule has 0 aliphatic carbocycles. The highest BCUT2D eigenvalue weighted by Crippen LogP contribution is 2.24. The molecule has 5 nitrogen and oxygen atoms in total. The maximum atomic E-state index is 12.6. The quantitative estimate of drug-likeness (QED) is 0.0804. The first-order valence-electron chi connectivity index (χ1n) is 14.0. The summed E-state index contributed by atoms with van der Waals surface area (Å²) in [5, 5.41) is 0. The topological polar surface area (TPSA) is 61.8 Å². The third-order valence-electron chi connectivity index (χ3n) is 6.45. The lowest BCUT2D eigenvalue weighted by Gasteiger charge is -2.13. The molecule has 0 radical (unpaired) electrons. The minimum atomic E-state index is -0.428. The number of benzene rings is 3. The lowest BCUT2D eigenvalue weighted by atomic mass is 10.0. The zero-order chi connectivity index (χ0) is 27.9. The second-order valence-corrected chi connectivity index (χ2v) is 9.71. The number of carbonyl (C=O) groups is 2. The Balaban J connectivity index is 1.48. The summed E-state index contributed by atoms with van der Waals surface area (Å²) in [4.78, 5) is 25.0. The zero-order valence-electron chi connectivity index (χ0n) is 23.2. The highest BCUT2D eigenvalue weighted by molar-refractivity contribution is 5.91. The number of ether oxygens (including phenoxy) is 3. The molecule has 0 saturated carbocycles. The van der Waals surface area contributed by atoms with Gasteiger partial charge in [0.1, 0.15) is 11.5 Å². The molecule has 3 aromatic rings. The minimum absolute atomic E-state index is 0.0898. The van der Waals surface area contributed by atoms with Gasteiger partial charge in [-0.25, -0.2) is 9.59 Å². The van der Waals surface area contributed by atoms with Crippen LogP contribution < -0.4 is 9.47 Å². The van der Waals surface area contributed by atoms with E-state index >= 15 is 0 Å². The SMILES string of the molecule is C=CCCCCOc1ccc(C(=O)Oc2ccc(-c3ccc(C(=O)O[C@H](C)CCCCCC)cc3)cc2)cc1. The van der Waals surface area contributed by atoms with Crippen molar-refractivity contribution in [2.75, 3.05) is 6.61 Å². The number of carbonyl (C=O) groups excluding carboxylic acids is 2. The fourth-order valence-corrected chi connectivity index (χ4v) is 4.12. The summed E-state index contributed by atoms with van der Waals surface area (Å²) < 4.78 is 16.8. The molecule has 206 valence electrons. The summed E-state index contributed by atoms with van der Waals surface area (Å²) in [6, 6.07) is 21.6. The molecule has 0 aromatic heterocycles. The number of hydrogen-bond acceptors (Lipinski definition) is 5. The summed E-state index contributed by atoms with van der Waals surface area (Å²) in [6.07, 6.45) is 10.3. The van der Waals surface area contributed by atoms with Crippen molar-refractivity contribution in [3.05, 3.63) is 96.6 Å². The molecule has 0 aliphatic rings. The Morgan fingerprint density at radius 2 is 1.33 bits per heavy atom. The van der Waals surface area contributed by atoms with Gasteiger partial charge in [0.2, 0.25) is 0 Å². The molecule has 0 aliphatic heterocycles. The van der Waals surface area contributed by atoms with Crippen molar-refractivity contribution < 1.29 is 23.8 Å². The fraction of sp³-hybridized carbons (Fsp3) is 0.353. The maximum Gasteiger partial charge on any atom is 0.343 e. The highest BCUT2D eigenvalue weighted by atomic mass is 16.5. The zero-order valence-corrected chi connectivity index (χ0v) is 23.2. The van der Waals surface area contributed by atoms with Crippen molar-refractivity contribution in [2.24, 2.45) is 0 Å². The van der Waals surface area contributed by atoms with Crippen LogP contribution in [0.5, 0.6) is 11.5 Å². The Hall–Kier alpha value is -3.86. The van der Waals surface area contributed by atoms with E-state index in [1.165, 1.54) is 19.3 Å². The Labute approximate surface area is 232 Å². The molecule has 3 aromatic carbocycles. The predicted molar refractivity (Wildman–Crippen MR) is 156 cm³/mol. The van der Waals surface area contributed by atoms with Crippen LogP contribution in [0.2, 0.25) is 0 Å². The molecule has 0 heterocycles. The molecule has 5 heteroatoms. The van der Waals surface area contributed by atoms with E-state index in [9.17, 15) is 9.59 Å². The van der Waals surface area contributed by atoms with E-state index in [0.717, 1.165) is 49.0 Å². The van der Waals surface area contributed by atoms with Gasteiger partial charge in [0.25, 0.3) is 0 Å². The van der Waals surface area contributed by atoms with E-state index in [2.05, 4.69) is 13.5 Å². The number of hydrogen-bond donors (Lipinski definition) is 0. The highest BCUT2D eigenvalue weighted by Gasteiger charge is 2.13. The van der Waals surface area contributed by atoms with Crippen LogP contribution in [0.4, 0.5) is 0 Å². The van der Waals surface area contributed by atoms with Crippen LogP contribution >= 0.6 is 0 Å². The molecular formula is C34H40O5. The van der Waals surface area contributed by atoms with Gasteiger partial charge in [0.05, 0.1) is 23.8 Å². The van der Waals surface area contributed by atoms with Crippen molar-refractivity contribution >= 4 is 11.9 Å². The molecule has 0 N–H and O–H groups in total. The van der Waals surface area contributed by atoms with Gasteiger partial charge >= 0.3 is 11.9 Å². The van der Waals surface area contributed by atoms with Crippen LogP contribution in [0.3, 0.4) is 0 Å². The average Bonchev–Trinajstić information content (AvgIpc) is 2.96. The van der Waals surface area contributed by atoms with Gasteiger partial charge < -0.3 is 14.2 Å². The Bertz CT molecular complexity index is 1160. The van der Waals surface area contributed by atoms with Gasteiger partial charge in [-0.15, -0.1) is 6.58 Å². The largest absolute Gasteiger partial charge is 0.494 e. The van der Waals surface area contributed by atoms with E-state index in [0.29, 0.717) is 23.5 Å². The first kappa shape index (κ1) is 29.7. The molecule has 0 spiro atoms. The molecule has 3 rings (SSSR count). The standard InChI is InChI=1S/C34H40O5/c1-4-6-8-10-12-26(3)38-33(35)29-15-13-27(14-16-29)28-17-23-32(24-18-28)39-34(36)30-19-21-31(22-20-30)37-25-11-9-7-5-2/h5,13-24,26H,2,4,6-12,25H2,1,3H3/t26-/m1/s1. The normalized spacial score (nSPS) is 11.4. The number of allylic oxidation sites excluding steroid dienone is 1. The van der Waals surface area contributed by atoms with Crippen molar-refractivity contribution in [3.8, 4) is 22.6 Å². The molecule has 0 saturated heterocycles. The third kappa shape index (κ3) is 10.1. The monoisotopic (exact) mass is 528 g/mol. The summed E-state index contributed by atoms with van der Waals surface area (Å²) in [6.45, 7) is 8.48. The van der Waals surface area contributed by atoms with Crippen molar-refractivity contribution in [1.82, 2.24) is 0 Å². The summed E-state index contributed by atoms with van der Waals surface area (Å²) in [5.41, 5.74) is 2.90. The Morgan fingerprint density at radius 1 is 0.744 bits per heavy atom. The molecule has 1 atom stereocenters. The molecular weight excluding hydrogens is 488 g/mol. The second-order valence-electron chi connectivity index (χ2n) is 9.71. The van der Waals surface area contributed by atoms with Crippen LogP contribution in [0.1, 0.15) is 85.9 Å². The first-order chi connectivity index (χ1) is 19.0. The van der Waals surface area contributed by atoms with Crippen LogP contribution in [0.25, 0.3) is 11.1 Å². The Kier molecular flexibility index (Phi) is 12.3. The van der Waals surface area contributed by atoms with Gasteiger partial charge in [-0.3, -0.25) is 0 Å². The van der Waals surface area contributed by atoms with E-state index in [1.54, 1.807) is 48.5 Å². The second kappa shape index (κ2) is 16.2. The molecule has 0 fully saturated rings. The van der Waals surface area contributed by atoms with Gasteiger partial charge in [-0.1, -0.05) is 56.5 Å². The minimum Gasteiger partial charge on any atom is -0.494 e. The molecule has 39 heavy (non-hydrogen) atoms. The fourth-order valence-electron chi connectivity index (χ4n) is 4.12. The first-order valence-corrected chi connectivity index (χ1v) is 14.0. The van der Waals surface area contributed by atoms with Crippen LogP contribution in [-0.4, -0.2) is 24.6 Å². The predicted octanol–water partition coefficient (Wildman–Crippen LogP) is 8.82. The van der Waals surface area contributed by atoms with Gasteiger partial charge in [0.15, 0.2) is 0 Å². The van der Waals surface area contributed by atoms with Crippen LogP contribution in [-0.2, 0) is 4.74 Å². The van der Waals surface area contributed by atoms with Crippen molar-refractivity contribution in [1.29, 1.82) is 0 Å². The summed E-state index contributed by atoms with van der Waals surface area (Å²) in [5.74, 6) is 0.461. The smallest absolute Gasteiger partial charge is 0.343 e. The summed E-state index contributed by atoms with van der Waals surface area (Å²) >= 11 is 0. The number of esters is 2. The van der Waals surface area contributed by atoms with Crippen molar-refractivity contribution in [3.63, 3.8) is 0 Å². The molecule has 0 amide bonds. The van der Waals surface area contributed by atoms with Crippen LogP contribution in [0.15, 0.2) is 85.5 Å². The number of rotatable bonds is 16. The van der Waals surface area contributed by atoms with E-state index < -0.39 is 5.97 Å². The van der Waals surface area contributed by atoms with Gasteiger partial charge in [-0.2, -0.15) is 0 Å². The van der Waals surface area contributed by atoms with Gasteiger partial charge in [-0.05, 0) is 98.7 Å². The summed E-state index contributed by atoms with van der Waals surface area (Å²) in [7, 11) is 0. The molecule has 0 bridgehead atoms. The lowest BCUT2D eigenvalue weighted by Crippen LogP contribution is -2.15. The van der Waals surface area contributed by atoms with E-state index in [1.807, 2.05) is 37.3 Å². The third-order valence-corrected chi connectivity index (χ3v) is 6.45. The maximum absolute atomic E-state index is 12.6. The van der Waals surface area contributed by atoms with Crippen LogP contribution in [0, 0.1) is 0 Å². The average molecular weight is 529 g/mol. The van der Waals surface area contributed by atoms with E-state index in [-0.39, 0.29) is 12.1 Å². The van der Waals surface area contributed by atoms with Crippen molar-refractivity contribution in [2.45, 2.75) is 71.3 Å².